The van der Waals surface area contributed by atoms with E-state index < -0.39 is 5.97 Å². The van der Waals surface area contributed by atoms with Crippen LogP contribution in [0, 0.1) is 6.92 Å². The van der Waals surface area contributed by atoms with Crippen molar-refractivity contribution in [3.05, 3.63) is 22.4 Å². The lowest BCUT2D eigenvalue weighted by atomic mass is 10.0. The summed E-state index contributed by atoms with van der Waals surface area (Å²) in [6.45, 7) is 1.83. The molecule has 1 aliphatic rings. The van der Waals surface area contributed by atoms with E-state index in [1.165, 1.54) is 7.11 Å². The molecule has 0 aliphatic heterocycles. The molecule has 0 spiro atoms. The van der Waals surface area contributed by atoms with Crippen LogP contribution in [0.5, 0.6) is 5.88 Å². The van der Waals surface area contributed by atoms with Crippen molar-refractivity contribution in [3.63, 3.8) is 0 Å². The number of ether oxygens (including phenoxy) is 1. The normalized spacial score (nSPS) is 13.7. The maximum atomic E-state index is 11.1. The minimum Gasteiger partial charge on any atom is -0.480 e. The van der Waals surface area contributed by atoms with Gasteiger partial charge in [-0.05, 0) is 37.3 Å². The molecule has 0 atom stereocenters. The van der Waals surface area contributed by atoms with Gasteiger partial charge in [-0.3, -0.25) is 0 Å². The van der Waals surface area contributed by atoms with Gasteiger partial charge in [-0.2, -0.15) is 0 Å². The molecule has 0 bridgehead atoms. The van der Waals surface area contributed by atoms with E-state index in [-0.39, 0.29) is 11.4 Å². The third-order valence-corrected chi connectivity index (χ3v) is 2.87. The van der Waals surface area contributed by atoms with Gasteiger partial charge in [-0.1, -0.05) is 0 Å². The summed E-state index contributed by atoms with van der Waals surface area (Å²) in [7, 11) is 1.45. The van der Waals surface area contributed by atoms with Gasteiger partial charge in [0, 0.05) is 5.69 Å². The number of pyridine rings is 1. The predicted molar refractivity (Wildman–Crippen MR) is 54.5 cm³/mol. The fourth-order valence-corrected chi connectivity index (χ4v) is 2.14. The zero-order chi connectivity index (χ0) is 11.0. The van der Waals surface area contributed by atoms with Gasteiger partial charge in [0.15, 0.2) is 0 Å². The number of nitrogens with zero attached hydrogens (tertiary/aromatic N) is 1. The van der Waals surface area contributed by atoms with Crippen molar-refractivity contribution in [2.45, 2.75) is 26.2 Å². The molecule has 0 amide bonds. The molecule has 4 heteroatoms. The molecule has 4 nitrogen and oxygen atoms in total. The SMILES string of the molecule is COc1nc2c(c(C)c1C(=O)O)CCC2. The Labute approximate surface area is 87.9 Å². The topological polar surface area (TPSA) is 59.4 Å². The fraction of sp³-hybridized carbons (Fsp3) is 0.455. The van der Waals surface area contributed by atoms with Crippen molar-refractivity contribution < 1.29 is 14.6 Å². The van der Waals surface area contributed by atoms with E-state index >= 15 is 0 Å². The van der Waals surface area contributed by atoms with Gasteiger partial charge in [0.1, 0.15) is 5.56 Å². The quantitative estimate of drug-likeness (QED) is 0.800. The first-order valence-electron chi connectivity index (χ1n) is 4.94. The highest BCUT2D eigenvalue weighted by atomic mass is 16.5. The highest BCUT2D eigenvalue weighted by Crippen LogP contribution is 2.30. The molecule has 1 aromatic rings. The monoisotopic (exact) mass is 207 g/mol. The van der Waals surface area contributed by atoms with Crippen molar-refractivity contribution in [1.29, 1.82) is 0 Å². The van der Waals surface area contributed by atoms with E-state index in [1.54, 1.807) is 0 Å². The van der Waals surface area contributed by atoms with Crippen molar-refractivity contribution in [3.8, 4) is 5.88 Å². The Balaban J connectivity index is 2.67. The van der Waals surface area contributed by atoms with Gasteiger partial charge in [-0.15, -0.1) is 0 Å². The molecule has 0 saturated heterocycles. The zero-order valence-corrected chi connectivity index (χ0v) is 8.83. The van der Waals surface area contributed by atoms with Crippen LogP contribution < -0.4 is 4.74 Å². The molecule has 1 heterocycles. The van der Waals surface area contributed by atoms with Crippen LogP contribution in [0.1, 0.15) is 33.6 Å². The van der Waals surface area contributed by atoms with Crippen molar-refractivity contribution in [1.82, 2.24) is 4.98 Å². The second-order valence-corrected chi connectivity index (χ2v) is 3.71. The number of hydrogen-bond donors (Lipinski definition) is 1. The smallest absolute Gasteiger partial charge is 0.341 e. The number of carboxylic acids is 1. The molecule has 2 rings (SSSR count). The Bertz CT molecular complexity index is 426. The Morgan fingerprint density at radius 2 is 2.20 bits per heavy atom. The average Bonchev–Trinajstić information content (AvgIpc) is 2.64. The number of hydrogen-bond acceptors (Lipinski definition) is 3. The van der Waals surface area contributed by atoms with Crippen LogP contribution in [0.15, 0.2) is 0 Å². The number of aromatic nitrogens is 1. The van der Waals surface area contributed by atoms with Gasteiger partial charge in [-0.25, -0.2) is 9.78 Å². The molecule has 1 aliphatic carbocycles. The summed E-state index contributed by atoms with van der Waals surface area (Å²) in [5.74, 6) is -0.729. The summed E-state index contributed by atoms with van der Waals surface area (Å²) in [5, 5.41) is 9.09. The third-order valence-electron chi connectivity index (χ3n) is 2.87. The Morgan fingerprint density at radius 1 is 1.47 bits per heavy atom. The maximum absolute atomic E-state index is 11.1. The fourth-order valence-electron chi connectivity index (χ4n) is 2.14. The van der Waals surface area contributed by atoms with Gasteiger partial charge >= 0.3 is 5.97 Å². The highest BCUT2D eigenvalue weighted by Gasteiger charge is 2.24. The minimum atomic E-state index is -0.966. The Hall–Kier alpha value is -1.58. The van der Waals surface area contributed by atoms with Crippen molar-refractivity contribution >= 4 is 5.97 Å². The number of carbonyl (C=O) groups is 1. The van der Waals surface area contributed by atoms with Crippen LogP contribution in [0.4, 0.5) is 0 Å². The van der Waals surface area contributed by atoms with E-state index in [9.17, 15) is 4.79 Å². The summed E-state index contributed by atoms with van der Waals surface area (Å²) in [6, 6.07) is 0. The van der Waals surface area contributed by atoms with Crippen LogP contribution in [-0.2, 0) is 12.8 Å². The van der Waals surface area contributed by atoms with Crippen LogP contribution in [0.2, 0.25) is 0 Å². The van der Waals surface area contributed by atoms with E-state index in [0.717, 1.165) is 36.1 Å². The van der Waals surface area contributed by atoms with Crippen LogP contribution in [-0.4, -0.2) is 23.2 Å². The highest BCUT2D eigenvalue weighted by molar-refractivity contribution is 5.92. The molecule has 0 saturated carbocycles. The molecule has 1 N–H and O–H groups in total. The first kappa shape index (κ1) is 9.96. The molecule has 15 heavy (non-hydrogen) atoms. The molecule has 0 radical (unpaired) electrons. The molecule has 0 unspecified atom stereocenters. The zero-order valence-electron chi connectivity index (χ0n) is 8.83. The van der Waals surface area contributed by atoms with E-state index in [2.05, 4.69) is 4.98 Å². The molecule has 1 aromatic heterocycles. The van der Waals surface area contributed by atoms with Gasteiger partial charge in [0.05, 0.1) is 7.11 Å². The summed E-state index contributed by atoms with van der Waals surface area (Å²) in [5.41, 5.74) is 3.10. The summed E-state index contributed by atoms with van der Waals surface area (Å²) < 4.78 is 5.02. The standard InChI is InChI=1S/C11H13NO3/c1-6-7-4-3-5-8(7)12-10(15-2)9(6)11(13)14/h3-5H2,1-2H3,(H,13,14). The lowest BCUT2D eigenvalue weighted by Crippen LogP contribution is -2.08. The second-order valence-electron chi connectivity index (χ2n) is 3.71. The Morgan fingerprint density at radius 3 is 2.80 bits per heavy atom. The number of methoxy groups -OCH3 is 1. The van der Waals surface area contributed by atoms with Crippen molar-refractivity contribution in [2.75, 3.05) is 7.11 Å². The summed E-state index contributed by atoms with van der Waals surface area (Å²) in [6.07, 6.45) is 2.90. The summed E-state index contributed by atoms with van der Waals surface area (Å²) in [4.78, 5) is 15.3. The lowest BCUT2D eigenvalue weighted by Gasteiger charge is -2.11. The average molecular weight is 207 g/mol. The predicted octanol–water partition coefficient (Wildman–Crippen LogP) is 1.59. The van der Waals surface area contributed by atoms with Crippen LogP contribution >= 0.6 is 0 Å². The van der Waals surface area contributed by atoms with Gasteiger partial charge in [0.2, 0.25) is 5.88 Å². The molecular weight excluding hydrogens is 194 g/mol. The largest absolute Gasteiger partial charge is 0.480 e. The number of rotatable bonds is 2. The minimum absolute atomic E-state index is 0.207. The first-order valence-corrected chi connectivity index (χ1v) is 4.94. The number of aromatic carboxylic acids is 1. The van der Waals surface area contributed by atoms with Crippen LogP contribution in [0.3, 0.4) is 0 Å². The van der Waals surface area contributed by atoms with Gasteiger partial charge < -0.3 is 9.84 Å². The van der Waals surface area contributed by atoms with Gasteiger partial charge in [0.25, 0.3) is 0 Å². The number of fused-ring (bicyclic) bond motifs is 1. The number of carboxylic acid groups (broad SMARTS) is 1. The molecule has 0 aromatic carbocycles. The molecule has 80 valence electrons. The Kier molecular flexibility index (Phi) is 2.34. The lowest BCUT2D eigenvalue weighted by molar-refractivity contribution is 0.0691. The maximum Gasteiger partial charge on any atom is 0.341 e. The first-order chi connectivity index (χ1) is 7.15. The third kappa shape index (κ3) is 1.46. The number of aryl methyl sites for hydroxylation is 1. The molecule has 0 fully saturated rings. The van der Waals surface area contributed by atoms with E-state index in [4.69, 9.17) is 9.84 Å². The van der Waals surface area contributed by atoms with Crippen molar-refractivity contribution in [2.24, 2.45) is 0 Å². The van der Waals surface area contributed by atoms with E-state index in [1.807, 2.05) is 6.92 Å². The van der Waals surface area contributed by atoms with E-state index in [0.29, 0.717) is 0 Å². The molecular formula is C11H13NO3. The second kappa shape index (κ2) is 3.53. The van der Waals surface area contributed by atoms with Crippen LogP contribution in [0.25, 0.3) is 0 Å². The summed E-state index contributed by atoms with van der Waals surface area (Å²) >= 11 is 0.